The molecule has 0 amide bonds. The van der Waals surface area contributed by atoms with Crippen molar-refractivity contribution in [3.05, 3.63) is 57.7 Å². The van der Waals surface area contributed by atoms with Crippen molar-refractivity contribution >= 4 is 56.4 Å². The zero-order chi connectivity index (χ0) is 27.0. The third-order valence-electron chi connectivity index (χ3n) is 4.22. The highest BCUT2D eigenvalue weighted by molar-refractivity contribution is 7.18. The van der Waals surface area contributed by atoms with E-state index in [1.807, 2.05) is 27.7 Å². The number of rotatable bonds is 4. The van der Waals surface area contributed by atoms with E-state index in [2.05, 4.69) is 20.6 Å². The average molecular weight is 533 g/mol. The number of nitro groups is 1. The summed E-state index contributed by atoms with van der Waals surface area (Å²) in [4.78, 5) is 22.9. The number of anilines is 2. The van der Waals surface area contributed by atoms with Gasteiger partial charge in [-0.15, -0.1) is 10.2 Å². The third-order valence-corrected chi connectivity index (χ3v) is 5.52. The van der Waals surface area contributed by atoms with Crippen molar-refractivity contribution in [3.8, 4) is 10.6 Å². The van der Waals surface area contributed by atoms with Crippen LogP contribution >= 0.6 is 22.9 Å². The number of non-ortho nitro benzene ring substituents is 1. The summed E-state index contributed by atoms with van der Waals surface area (Å²) in [5, 5.41) is 28.3. The molecule has 0 unspecified atom stereocenters. The minimum Gasteiger partial charge on any atom is -0.442 e. The monoisotopic (exact) mass is 532 g/mol. The lowest BCUT2D eigenvalue weighted by molar-refractivity contribution is -0.384. The standard InChI is InChI=1S/C20H17ClN6O4S.2C2H6/c1-20(2,3)31-19(28)26-15-8-7-14(16(21)13(15)10-22-26)23-18-25-24-17(32-18)11-5-4-6-12(9-11)27(29)30;2*1-2/h4-10H,1-3H3,(H,23,25);2*1-2H3. The molecule has 1 N–H and O–H groups in total. The summed E-state index contributed by atoms with van der Waals surface area (Å²) in [6.07, 6.45) is 0.886. The normalized spacial score (nSPS) is 10.6. The fourth-order valence-corrected chi connectivity index (χ4v) is 3.88. The lowest BCUT2D eigenvalue weighted by Crippen LogP contribution is -2.27. The molecule has 0 aliphatic rings. The highest BCUT2D eigenvalue weighted by Gasteiger charge is 2.21. The van der Waals surface area contributed by atoms with Gasteiger partial charge in [0.15, 0.2) is 0 Å². The highest BCUT2D eigenvalue weighted by atomic mass is 35.5. The third kappa shape index (κ3) is 6.76. The van der Waals surface area contributed by atoms with Crippen molar-refractivity contribution < 1.29 is 14.5 Å². The van der Waals surface area contributed by atoms with Crippen molar-refractivity contribution in [2.75, 3.05) is 5.32 Å². The van der Waals surface area contributed by atoms with Gasteiger partial charge in [-0.25, -0.2) is 4.79 Å². The first-order chi connectivity index (χ1) is 17.1. The number of hydrogen-bond donors (Lipinski definition) is 1. The van der Waals surface area contributed by atoms with Gasteiger partial charge in [0.05, 0.1) is 27.3 Å². The molecule has 0 atom stereocenters. The van der Waals surface area contributed by atoms with Crippen LogP contribution in [0.3, 0.4) is 0 Å². The second kappa shape index (κ2) is 12.4. The maximum Gasteiger partial charge on any atom is 0.435 e. The molecule has 0 saturated heterocycles. The number of fused-ring (bicyclic) bond motifs is 1. The number of nitrogens with zero attached hydrogens (tertiary/aromatic N) is 5. The second-order valence-corrected chi connectivity index (χ2v) is 9.10. The first-order valence-corrected chi connectivity index (χ1v) is 12.6. The Labute approximate surface area is 218 Å². The Morgan fingerprint density at radius 2 is 1.83 bits per heavy atom. The maximum absolute atomic E-state index is 12.4. The first-order valence-electron chi connectivity index (χ1n) is 11.4. The number of carbonyl (C=O) groups excluding carboxylic acids is 1. The molecule has 0 fully saturated rings. The van der Waals surface area contributed by atoms with Crippen LogP contribution in [-0.4, -0.2) is 36.6 Å². The fraction of sp³-hybridized carbons (Fsp3) is 0.333. The van der Waals surface area contributed by atoms with Crippen molar-refractivity contribution in [1.29, 1.82) is 0 Å². The molecule has 2 heterocycles. The number of benzene rings is 2. The van der Waals surface area contributed by atoms with E-state index in [9.17, 15) is 14.9 Å². The van der Waals surface area contributed by atoms with Crippen LogP contribution in [0.2, 0.25) is 5.02 Å². The molecule has 10 nitrogen and oxygen atoms in total. The maximum atomic E-state index is 12.4. The Balaban J connectivity index is 0.00000109. The van der Waals surface area contributed by atoms with E-state index in [0.29, 0.717) is 37.3 Å². The highest BCUT2D eigenvalue weighted by Crippen LogP contribution is 2.35. The van der Waals surface area contributed by atoms with Crippen molar-refractivity contribution in [2.45, 2.75) is 54.1 Å². The molecular formula is C24H29ClN6O4S. The first kappa shape index (κ1) is 28.7. The van der Waals surface area contributed by atoms with Crippen LogP contribution in [0.25, 0.3) is 21.5 Å². The molecule has 2 aromatic heterocycles. The Bertz CT molecular complexity index is 1350. The van der Waals surface area contributed by atoms with Gasteiger partial charge < -0.3 is 10.1 Å². The van der Waals surface area contributed by atoms with E-state index < -0.39 is 16.6 Å². The lowest BCUT2D eigenvalue weighted by atomic mass is 10.2. The number of nitro benzene ring substituents is 1. The molecule has 0 aliphatic carbocycles. The molecule has 0 saturated carbocycles. The van der Waals surface area contributed by atoms with Crippen molar-refractivity contribution in [3.63, 3.8) is 0 Å². The van der Waals surface area contributed by atoms with Crippen LogP contribution in [-0.2, 0) is 4.74 Å². The van der Waals surface area contributed by atoms with E-state index in [4.69, 9.17) is 16.3 Å². The Kier molecular flexibility index (Phi) is 9.88. The Morgan fingerprint density at radius 1 is 1.14 bits per heavy atom. The van der Waals surface area contributed by atoms with E-state index in [1.165, 1.54) is 29.7 Å². The van der Waals surface area contributed by atoms with Gasteiger partial charge in [0, 0.05) is 23.1 Å². The van der Waals surface area contributed by atoms with Crippen LogP contribution in [0.4, 0.5) is 21.3 Å². The van der Waals surface area contributed by atoms with Gasteiger partial charge >= 0.3 is 6.09 Å². The molecule has 0 bridgehead atoms. The van der Waals surface area contributed by atoms with Gasteiger partial charge in [-0.1, -0.05) is 62.8 Å². The molecule has 4 rings (SSSR count). The van der Waals surface area contributed by atoms with Crippen LogP contribution in [0.15, 0.2) is 42.6 Å². The molecular weight excluding hydrogens is 504 g/mol. The molecule has 0 radical (unpaired) electrons. The molecule has 0 aliphatic heterocycles. The minimum absolute atomic E-state index is 0.0253. The molecule has 4 aromatic rings. The van der Waals surface area contributed by atoms with E-state index >= 15 is 0 Å². The Hall–Kier alpha value is -3.57. The van der Waals surface area contributed by atoms with Gasteiger partial charge in [-0.05, 0) is 32.9 Å². The van der Waals surface area contributed by atoms with Crippen LogP contribution in [0.1, 0.15) is 48.5 Å². The van der Waals surface area contributed by atoms with Gasteiger partial charge in [-0.3, -0.25) is 10.1 Å². The van der Waals surface area contributed by atoms with Gasteiger partial charge in [0.25, 0.3) is 5.69 Å². The lowest BCUT2D eigenvalue weighted by Gasteiger charge is -2.19. The SMILES string of the molecule is CC.CC.CC(C)(C)OC(=O)n1ncc2c(Cl)c(Nc3nnc(-c4cccc([N+](=O)[O-])c4)s3)ccc21. The van der Waals surface area contributed by atoms with Crippen LogP contribution in [0, 0.1) is 10.1 Å². The number of nitrogens with one attached hydrogen (secondary N) is 1. The van der Waals surface area contributed by atoms with E-state index in [1.54, 1.807) is 45.0 Å². The van der Waals surface area contributed by atoms with Gasteiger partial charge in [0.1, 0.15) is 10.6 Å². The van der Waals surface area contributed by atoms with Crippen molar-refractivity contribution in [1.82, 2.24) is 20.0 Å². The predicted octanol–water partition coefficient (Wildman–Crippen LogP) is 7.70. The molecule has 0 spiro atoms. The van der Waals surface area contributed by atoms with Gasteiger partial charge in [0.2, 0.25) is 5.13 Å². The smallest absolute Gasteiger partial charge is 0.435 e. The quantitative estimate of drug-likeness (QED) is 0.209. The summed E-state index contributed by atoms with van der Waals surface area (Å²) in [6.45, 7) is 13.3. The molecule has 12 heteroatoms. The molecule has 192 valence electrons. The number of ether oxygens (including phenoxy) is 1. The summed E-state index contributed by atoms with van der Waals surface area (Å²) < 4.78 is 6.52. The van der Waals surface area contributed by atoms with E-state index in [-0.39, 0.29) is 5.69 Å². The second-order valence-electron chi connectivity index (χ2n) is 7.74. The number of hydrogen-bond acceptors (Lipinski definition) is 9. The Morgan fingerprint density at radius 3 is 2.47 bits per heavy atom. The number of halogens is 1. The summed E-state index contributed by atoms with van der Waals surface area (Å²) in [7, 11) is 0. The molecule has 36 heavy (non-hydrogen) atoms. The largest absolute Gasteiger partial charge is 0.442 e. The number of aromatic nitrogens is 4. The van der Waals surface area contributed by atoms with Crippen molar-refractivity contribution in [2.24, 2.45) is 0 Å². The zero-order valence-electron chi connectivity index (χ0n) is 21.2. The predicted molar refractivity (Wildman–Crippen MR) is 144 cm³/mol. The zero-order valence-corrected chi connectivity index (χ0v) is 22.8. The molecule has 2 aromatic carbocycles. The average Bonchev–Trinajstić information content (AvgIpc) is 3.50. The van der Waals surface area contributed by atoms with Crippen LogP contribution in [0.5, 0.6) is 0 Å². The summed E-state index contributed by atoms with van der Waals surface area (Å²) >= 11 is 7.76. The fourth-order valence-electron chi connectivity index (χ4n) is 2.87. The van der Waals surface area contributed by atoms with E-state index in [0.717, 1.165) is 4.68 Å². The summed E-state index contributed by atoms with van der Waals surface area (Å²) in [5.41, 5.74) is 0.955. The minimum atomic E-state index is -0.657. The summed E-state index contributed by atoms with van der Waals surface area (Å²) in [5.74, 6) is 0. The van der Waals surface area contributed by atoms with Crippen LogP contribution < -0.4 is 5.32 Å². The van der Waals surface area contributed by atoms with Gasteiger partial charge in [-0.2, -0.15) is 9.78 Å². The summed E-state index contributed by atoms with van der Waals surface area (Å²) in [6, 6.07) is 9.56. The topological polar surface area (TPSA) is 125 Å². The number of carbonyl (C=O) groups is 1.